The lowest BCUT2D eigenvalue weighted by atomic mass is 9.91. The number of aromatic nitrogens is 1. The summed E-state index contributed by atoms with van der Waals surface area (Å²) in [7, 11) is 0. The second kappa shape index (κ2) is 5.91. The minimum Gasteiger partial charge on any atom is -0.364 e. The number of carbonyl (C=O) groups excluding carboxylic acids is 1. The Hall–Kier alpha value is -1.40. The molecular weight excluding hydrogens is 294 g/mol. The summed E-state index contributed by atoms with van der Waals surface area (Å²) in [5.74, 6) is 1.52. The van der Waals surface area contributed by atoms with Crippen LogP contribution in [0.5, 0.6) is 0 Å². The number of carbonyl (C=O) groups is 1. The smallest absolute Gasteiger partial charge is 0.249 e. The van der Waals surface area contributed by atoms with Gasteiger partial charge in [0.1, 0.15) is 11.9 Å². The number of aryl methyl sites for hydroxylation is 2. The van der Waals surface area contributed by atoms with E-state index in [1.165, 1.54) is 5.56 Å². The van der Waals surface area contributed by atoms with E-state index in [1.807, 2.05) is 13.8 Å². The number of amides is 1. The fraction of sp³-hybridized carbons (Fsp3) is 0.765. The van der Waals surface area contributed by atoms with E-state index in [4.69, 9.17) is 9.26 Å². The number of hydrogen-bond donors (Lipinski definition) is 1. The van der Waals surface area contributed by atoms with Gasteiger partial charge in [-0.2, -0.15) is 0 Å². The van der Waals surface area contributed by atoms with E-state index in [1.54, 1.807) is 0 Å². The van der Waals surface area contributed by atoms with Crippen molar-refractivity contribution in [2.75, 3.05) is 13.1 Å². The fourth-order valence-electron chi connectivity index (χ4n) is 3.78. The summed E-state index contributed by atoms with van der Waals surface area (Å²) in [6.45, 7) is 6.75. The molecule has 1 saturated carbocycles. The highest BCUT2D eigenvalue weighted by Gasteiger charge is 2.42. The van der Waals surface area contributed by atoms with Gasteiger partial charge in [0.15, 0.2) is 0 Å². The van der Waals surface area contributed by atoms with Crippen LogP contribution in [0, 0.1) is 19.8 Å². The van der Waals surface area contributed by atoms with Crippen LogP contribution in [-0.2, 0) is 16.1 Å². The van der Waals surface area contributed by atoms with Gasteiger partial charge in [-0.3, -0.25) is 9.69 Å². The van der Waals surface area contributed by atoms with Gasteiger partial charge in [-0.1, -0.05) is 5.16 Å². The minimum absolute atomic E-state index is 0.0965. The average Bonchev–Trinajstić information content (AvgIpc) is 3.15. The third-order valence-corrected chi connectivity index (χ3v) is 5.42. The number of nitrogens with one attached hydrogen (secondary N) is 1. The topological polar surface area (TPSA) is 67.6 Å². The molecule has 0 aromatic carbocycles. The summed E-state index contributed by atoms with van der Waals surface area (Å²) >= 11 is 0. The van der Waals surface area contributed by atoms with Crippen LogP contribution in [0.1, 0.15) is 42.7 Å². The van der Waals surface area contributed by atoms with Gasteiger partial charge in [-0.25, -0.2) is 0 Å². The van der Waals surface area contributed by atoms with E-state index in [0.717, 1.165) is 56.8 Å². The van der Waals surface area contributed by atoms with Gasteiger partial charge >= 0.3 is 0 Å². The number of likely N-dealkylation sites (tertiary alicyclic amines) is 1. The summed E-state index contributed by atoms with van der Waals surface area (Å²) < 4.78 is 11.3. The van der Waals surface area contributed by atoms with Crippen LogP contribution in [0.2, 0.25) is 0 Å². The maximum atomic E-state index is 12.2. The van der Waals surface area contributed by atoms with Crippen LogP contribution in [0.4, 0.5) is 0 Å². The second-order valence-electron chi connectivity index (χ2n) is 7.27. The maximum Gasteiger partial charge on any atom is 0.249 e. The zero-order chi connectivity index (χ0) is 16.0. The molecule has 1 N–H and O–H groups in total. The zero-order valence-corrected chi connectivity index (χ0v) is 13.9. The molecule has 1 aromatic heterocycles. The second-order valence-corrected chi connectivity index (χ2v) is 7.27. The number of rotatable bonds is 4. The molecule has 126 valence electrons. The van der Waals surface area contributed by atoms with Crippen LogP contribution in [0.3, 0.4) is 0 Å². The Morgan fingerprint density at radius 3 is 2.87 bits per heavy atom. The zero-order valence-electron chi connectivity index (χ0n) is 13.9. The number of ether oxygens (including phenoxy) is 1. The molecule has 3 atom stereocenters. The van der Waals surface area contributed by atoms with Gasteiger partial charge in [0.05, 0.1) is 11.8 Å². The monoisotopic (exact) mass is 319 g/mol. The first-order valence-electron chi connectivity index (χ1n) is 8.70. The van der Waals surface area contributed by atoms with E-state index >= 15 is 0 Å². The van der Waals surface area contributed by atoms with E-state index < -0.39 is 0 Å². The Morgan fingerprint density at radius 2 is 2.17 bits per heavy atom. The highest BCUT2D eigenvalue weighted by molar-refractivity contribution is 5.81. The normalized spacial score (nSPS) is 31.1. The summed E-state index contributed by atoms with van der Waals surface area (Å²) in [6.07, 6.45) is 4.15. The number of fused-ring (bicyclic) bond motifs is 1. The van der Waals surface area contributed by atoms with Crippen molar-refractivity contribution in [2.45, 2.75) is 64.3 Å². The SMILES string of the molecule is Cc1noc(C)c1CN1CC[C@H]2C[C@@H](C(=O)NC3CC3)O[C@H]2C1. The number of piperidine rings is 1. The Labute approximate surface area is 136 Å². The lowest BCUT2D eigenvalue weighted by Crippen LogP contribution is -2.42. The summed E-state index contributed by atoms with van der Waals surface area (Å²) in [4.78, 5) is 14.6. The molecule has 6 heteroatoms. The Bertz CT molecular complexity index is 576. The third-order valence-electron chi connectivity index (χ3n) is 5.42. The van der Waals surface area contributed by atoms with Crippen LogP contribution in [0.15, 0.2) is 4.52 Å². The molecular formula is C17H25N3O3. The Kier molecular flexibility index (Phi) is 3.89. The maximum absolute atomic E-state index is 12.2. The van der Waals surface area contributed by atoms with Gasteiger partial charge < -0.3 is 14.6 Å². The predicted octanol–water partition coefficient (Wildman–Crippen LogP) is 1.55. The van der Waals surface area contributed by atoms with E-state index in [-0.39, 0.29) is 18.1 Å². The van der Waals surface area contributed by atoms with Crippen molar-refractivity contribution in [3.63, 3.8) is 0 Å². The van der Waals surface area contributed by atoms with Crippen molar-refractivity contribution in [1.82, 2.24) is 15.4 Å². The first-order valence-corrected chi connectivity index (χ1v) is 8.70. The lowest BCUT2D eigenvalue weighted by molar-refractivity contribution is -0.133. The highest BCUT2D eigenvalue weighted by atomic mass is 16.5. The predicted molar refractivity (Wildman–Crippen MR) is 83.8 cm³/mol. The van der Waals surface area contributed by atoms with Gasteiger partial charge in [-0.15, -0.1) is 0 Å². The summed E-state index contributed by atoms with van der Waals surface area (Å²) in [5.41, 5.74) is 2.16. The van der Waals surface area contributed by atoms with Crippen molar-refractivity contribution in [1.29, 1.82) is 0 Å². The molecule has 0 radical (unpaired) electrons. The molecule has 4 rings (SSSR count). The van der Waals surface area contributed by atoms with Crippen LogP contribution < -0.4 is 5.32 Å². The van der Waals surface area contributed by atoms with Crippen LogP contribution >= 0.6 is 0 Å². The van der Waals surface area contributed by atoms with Crippen molar-refractivity contribution in [2.24, 2.45) is 5.92 Å². The standard InChI is InChI=1S/C17H25N3O3/c1-10-14(11(2)23-19-10)8-20-6-5-12-7-15(22-16(12)9-20)17(21)18-13-3-4-13/h12-13,15-16H,3-9H2,1-2H3,(H,18,21)/t12-,15-,16-/m0/s1. The molecule has 0 bridgehead atoms. The first kappa shape index (κ1) is 15.1. The molecule has 3 aliphatic rings. The molecule has 1 aromatic rings. The molecule has 2 saturated heterocycles. The molecule has 0 spiro atoms. The van der Waals surface area contributed by atoms with Gasteiger partial charge in [0, 0.05) is 24.7 Å². The van der Waals surface area contributed by atoms with E-state index in [0.29, 0.717) is 12.0 Å². The largest absolute Gasteiger partial charge is 0.364 e. The van der Waals surface area contributed by atoms with Gasteiger partial charge in [-0.05, 0) is 52.0 Å². The Morgan fingerprint density at radius 1 is 1.35 bits per heavy atom. The average molecular weight is 319 g/mol. The van der Waals surface area contributed by atoms with Crippen molar-refractivity contribution in [3.8, 4) is 0 Å². The quantitative estimate of drug-likeness (QED) is 0.912. The fourth-order valence-corrected chi connectivity index (χ4v) is 3.78. The van der Waals surface area contributed by atoms with E-state index in [9.17, 15) is 4.79 Å². The highest BCUT2D eigenvalue weighted by Crippen LogP contribution is 2.34. The molecule has 6 nitrogen and oxygen atoms in total. The minimum atomic E-state index is -0.246. The molecule has 2 aliphatic heterocycles. The van der Waals surface area contributed by atoms with Crippen molar-refractivity contribution in [3.05, 3.63) is 17.0 Å². The van der Waals surface area contributed by atoms with Crippen molar-refractivity contribution < 1.29 is 14.1 Å². The van der Waals surface area contributed by atoms with Crippen molar-refractivity contribution >= 4 is 5.91 Å². The summed E-state index contributed by atoms with van der Waals surface area (Å²) in [6, 6.07) is 0.407. The molecule has 3 heterocycles. The number of hydrogen-bond acceptors (Lipinski definition) is 5. The van der Waals surface area contributed by atoms with Crippen LogP contribution in [0.25, 0.3) is 0 Å². The molecule has 0 unspecified atom stereocenters. The lowest BCUT2D eigenvalue weighted by Gasteiger charge is -2.33. The van der Waals surface area contributed by atoms with Gasteiger partial charge in [0.25, 0.3) is 0 Å². The molecule has 1 aliphatic carbocycles. The molecule has 3 fully saturated rings. The number of nitrogens with zero attached hydrogens (tertiary/aromatic N) is 2. The van der Waals surface area contributed by atoms with Crippen LogP contribution in [-0.4, -0.2) is 47.3 Å². The van der Waals surface area contributed by atoms with E-state index in [2.05, 4.69) is 15.4 Å². The first-order chi connectivity index (χ1) is 11.1. The van der Waals surface area contributed by atoms with Gasteiger partial charge in [0.2, 0.25) is 5.91 Å². The molecule has 23 heavy (non-hydrogen) atoms. The third kappa shape index (κ3) is 3.15. The molecule has 1 amide bonds. The Balaban J connectivity index is 1.35. The summed E-state index contributed by atoms with van der Waals surface area (Å²) in [5, 5.41) is 7.10.